The van der Waals surface area contributed by atoms with Gasteiger partial charge in [-0.1, -0.05) is 78.3 Å². The first-order valence-corrected chi connectivity index (χ1v) is 11.2. The fourth-order valence-electron chi connectivity index (χ4n) is 4.60. The lowest BCUT2D eigenvalue weighted by molar-refractivity contribution is -0.0113. The lowest BCUT2D eigenvalue weighted by Gasteiger charge is -2.34. The Morgan fingerprint density at radius 3 is 2.37 bits per heavy atom. The van der Waals surface area contributed by atoms with Crippen molar-refractivity contribution in [3.63, 3.8) is 0 Å². The highest BCUT2D eigenvalue weighted by atomic mass is 35.5. The van der Waals surface area contributed by atoms with E-state index in [1.165, 1.54) is 36.1 Å². The number of hydrogen-bond donors (Lipinski definition) is 0. The molecule has 0 N–H and O–H groups in total. The summed E-state index contributed by atoms with van der Waals surface area (Å²) in [6.07, 6.45) is 3.61. The molecule has 1 fully saturated rings. The van der Waals surface area contributed by atoms with Crippen LogP contribution in [-0.4, -0.2) is 31.1 Å². The molecule has 3 heteroatoms. The Kier molecular flexibility index (Phi) is 6.58. The molecule has 2 atom stereocenters. The molecule has 3 aromatic rings. The van der Waals surface area contributed by atoms with Crippen molar-refractivity contribution in [2.45, 2.75) is 37.8 Å². The lowest BCUT2D eigenvalue weighted by atomic mass is 9.83. The maximum absolute atomic E-state index is 6.75. The van der Waals surface area contributed by atoms with E-state index in [1.54, 1.807) is 0 Å². The zero-order valence-corrected chi connectivity index (χ0v) is 18.6. The molecule has 0 radical (unpaired) electrons. The van der Waals surface area contributed by atoms with Gasteiger partial charge in [0, 0.05) is 17.7 Å². The third-order valence-electron chi connectivity index (χ3n) is 6.43. The highest BCUT2D eigenvalue weighted by Gasteiger charge is 2.33. The van der Waals surface area contributed by atoms with Crippen molar-refractivity contribution in [2.24, 2.45) is 0 Å². The predicted molar refractivity (Wildman–Crippen MR) is 126 cm³/mol. The summed E-state index contributed by atoms with van der Waals surface area (Å²) in [5.74, 6) is 0. The van der Waals surface area contributed by atoms with Crippen LogP contribution in [0.4, 0.5) is 0 Å². The topological polar surface area (TPSA) is 12.5 Å². The molecular formula is C27H30ClNO. The largest absolute Gasteiger partial charge is 0.366 e. The summed E-state index contributed by atoms with van der Waals surface area (Å²) in [6.45, 7) is 4.13. The minimum Gasteiger partial charge on any atom is -0.366 e. The molecule has 1 heterocycles. The summed E-state index contributed by atoms with van der Waals surface area (Å²) in [4.78, 5) is 2.46. The molecule has 30 heavy (non-hydrogen) atoms. The molecule has 1 aliphatic heterocycles. The smallest absolute Gasteiger partial charge is 0.116 e. The van der Waals surface area contributed by atoms with Gasteiger partial charge in [0.2, 0.25) is 0 Å². The van der Waals surface area contributed by atoms with E-state index < -0.39 is 5.60 Å². The first-order chi connectivity index (χ1) is 14.6. The third-order valence-corrected chi connectivity index (χ3v) is 6.69. The summed E-state index contributed by atoms with van der Waals surface area (Å²) >= 11 is 6.14. The minimum absolute atomic E-state index is 0.533. The van der Waals surface area contributed by atoms with Crippen molar-refractivity contribution < 1.29 is 4.74 Å². The molecule has 0 aliphatic carbocycles. The van der Waals surface area contributed by atoms with Crippen molar-refractivity contribution in [1.29, 1.82) is 0 Å². The Labute approximate surface area is 185 Å². The fourth-order valence-corrected chi connectivity index (χ4v) is 4.72. The molecule has 1 saturated heterocycles. The molecule has 1 aliphatic rings. The second-order valence-corrected chi connectivity index (χ2v) is 8.80. The SMILES string of the molecule is CN1CCCC1CCOC(C)(c1ccccc1)c1ccccc1-c1ccc(Cl)cc1. The average molecular weight is 420 g/mol. The molecule has 2 nitrogen and oxygen atoms in total. The first-order valence-electron chi connectivity index (χ1n) is 10.8. The van der Waals surface area contributed by atoms with Gasteiger partial charge in [-0.25, -0.2) is 0 Å². The van der Waals surface area contributed by atoms with E-state index in [0.29, 0.717) is 6.04 Å². The molecule has 0 spiro atoms. The zero-order valence-electron chi connectivity index (χ0n) is 17.9. The van der Waals surface area contributed by atoms with E-state index in [1.807, 2.05) is 12.1 Å². The van der Waals surface area contributed by atoms with Gasteiger partial charge in [-0.2, -0.15) is 0 Å². The van der Waals surface area contributed by atoms with Gasteiger partial charge in [0.05, 0.1) is 0 Å². The quantitative estimate of drug-likeness (QED) is 0.419. The van der Waals surface area contributed by atoms with Crippen LogP contribution in [0.5, 0.6) is 0 Å². The Morgan fingerprint density at radius 1 is 0.967 bits per heavy atom. The summed E-state index contributed by atoms with van der Waals surface area (Å²) in [5.41, 5.74) is 4.15. The van der Waals surface area contributed by atoms with Gasteiger partial charge in [0.15, 0.2) is 0 Å². The molecule has 0 amide bonds. The number of halogens is 1. The predicted octanol–water partition coefficient (Wildman–Crippen LogP) is 6.77. The Balaban J connectivity index is 1.69. The second-order valence-electron chi connectivity index (χ2n) is 8.37. The first kappa shape index (κ1) is 21.1. The van der Waals surface area contributed by atoms with Crippen LogP contribution in [0, 0.1) is 0 Å². The van der Waals surface area contributed by atoms with E-state index in [9.17, 15) is 0 Å². The maximum atomic E-state index is 6.75. The average Bonchev–Trinajstić information content (AvgIpc) is 3.19. The monoisotopic (exact) mass is 419 g/mol. The van der Waals surface area contributed by atoms with Gasteiger partial charge in [0.25, 0.3) is 0 Å². The second kappa shape index (κ2) is 9.34. The minimum atomic E-state index is -0.533. The van der Waals surface area contributed by atoms with Crippen LogP contribution in [0.25, 0.3) is 11.1 Å². The van der Waals surface area contributed by atoms with Crippen molar-refractivity contribution >= 4 is 11.6 Å². The summed E-state index contributed by atoms with van der Waals surface area (Å²) in [5, 5.41) is 0.749. The standard InChI is InChI=1S/C27H30ClNO/c1-27(22-9-4-3-5-10-22,30-20-18-24-11-8-19-29(24)2)26-13-7-6-12-25(26)21-14-16-23(28)17-15-21/h3-7,9-10,12-17,24H,8,11,18-20H2,1-2H3. The van der Waals surface area contributed by atoms with E-state index in [0.717, 1.165) is 23.6 Å². The number of likely N-dealkylation sites (tertiary alicyclic amines) is 1. The number of benzene rings is 3. The van der Waals surface area contributed by atoms with Gasteiger partial charge in [-0.15, -0.1) is 0 Å². The summed E-state index contributed by atoms with van der Waals surface area (Å²) in [7, 11) is 2.23. The van der Waals surface area contributed by atoms with Crippen molar-refractivity contribution in [3.8, 4) is 11.1 Å². The van der Waals surface area contributed by atoms with Crippen molar-refractivity contribution in [3.05, 3.63) is 95.0 Å². The molecule has 2 unspecified atom stereocenters. The molecule has 0 saturated carbocycles. The summed E-state index contributed by atoms with van der Waals surface area (Å²) in [6, 6.07) is 27.8. The van der Waals surface area contributed by atoms with Gasteiger partial charge in [-0.05, 0) is 74.2 Å². The fraction of sp³-hybridized carbons (Fsp3) is 0.333. The van der Waals surface area contributed by atoms with Crippen LogP contribution in [0.2, 0.25) is 5.02 Å². The lowest BCUT2D eigenvalue weighted by Crippen LogP contribution is -2.32. The highest BCUT2D eigenvalue weighted by molar-refractivity contribution is 6.30. The van der Waals surface area contributed by atoms with Gasteiger partial charge in [0.1, 0.15) is 5.60 Å². The van der Waals surface area contributed by atoms with Crippen LogP contribution in [0.3, 0.4) is 0 Å². The Morgan fingerprint density at radius 2 is 1.67 bits per heavy atom. The zero-order chi connectivity index (χ0) is 21.0. The van der Waals surface area contributed by atoms with E-state index in [2.05, 4.69) is 85.6 Å². The van der Waals surface area contributed by atoms with Gasteiger partial charge < -0.3 is 9.64 Å². The molecule has 156 valence electrons. The summed E-state index contributed by atoms with van der Waals surface area (Å²) < 4.78 is 6.75. The Bertz CT molecular complexity index is 956. The van der Waals surface area contributed by atoms with Gasteiger partial charge >= 0.3 is 0 Å². The van der Waals surface area contributed by atoms with Crippen molar-refractivity contribution in [1.82, 2.24) is 4.90 Å². The number of ether oxygens (including phenoxy) is 1. The van der Waals surface area contributed by atoms with E-state index >= 15 is 0 Å². The normalized spacial score (nSPS) is 19.0. The van der Waals surface area contributed by atoms with Crippen LogP contribution in [0.1, 0.15) is 37.3 Å². The van der Waals surface area contributed by atoms with Crippen LogP contribution < -0.4 is 0 Å². The maximum Gasteiger partial charge on any atom is 0.116 e. The highest BCUT2D eigenvalue weighted by Crippen LogP contribution is 2.39. The molecule has 0 bridgehead atoms. The van der Waals surface area contributed by atoms with Crippen LogP contribution >= 0.6 is 11.6 Å². The number of hydrogen-bond acceptors (Lipinski definition) is 2. The van der Waals surface area contributed by atoms with Gasteiger partial charge in [-0.3, -0.25) is 0 Å². The molecular weight excluding hydrogens is 390 g/mol. The molecule has 3 aromatic carbocycles. The molecule has 4 rings (SSSR count). The van der Waals surface area contributed by atoms with Crippen molar-refractivity contribution in [2.75, 3.05) is 20.2 Å². The van der Waals surface area contributed by atoms with E-state index in [-0.39, 0.29) is 0 Å². The number of nitrogens with zero attached hydrogens (tertiary/aromatic N) is 1. The van der Waals surface area contributed by atoms with E-state index in [4.69, 9.17) is 16.3 Å². The Hall–Kier alpha value is -2.13. The van der Waals surface area contributed by atoms with Crippen LogP contribution in [0.15, 0.2) is 78.9 Å². The third kappa shape index (κ3) is 4.46. The molecule has 0 aromatic heterocycles. The number of rotatable bonds is 7. The van der Waals surface area contributed by atoms with Crippen LogP contribution in [-0.2, 0) is 10.3 Å².